The minimum absolute atomic E-state index is 0.0181. The molecule has 5 heteroatoms. The molecule has 0 saturated carbocycles. The van der Waals surface area contributed by atoms with Gasteiger partial charge in [0.1, 0.15) is 19.1 Å². The van der Waals surface area contributed by atoms with Gasteiger partial charge in [-0.05, 0) is 18.2 Å². The first kappa shape index (κ1) is 11.3. The second kappa shape index (κ2) is 5.19. The average Bonchev–Trinajstić information content (AvgIpc) is 2.25. The number of amidine groups is 1. The Morgan fingerprint density at radius 3 is 2.73 bits per heavy atom. The van der Waals surface area contributed by atoms with Crippen LogP contribution in [0.15, 0.2) is 18.2 Å². The zero-order valence-electron chi connectivity index (χ0n) is 8.42. The number of hydrogen-bond donors (Lipinski definition) is 2. The van der Waals surface area contributed by atoms with Crippen molar-refractivity contribution in [1.29, 1.82) is 5.41 Å². The summed E-state index contributed by atoms with van der Waals surface area (Å²) < 4.78 is 22.0. The summed E-state index contributed by atoms with van der Waals surface area (Å²) >= 11 is 0. The second-order valence-electron chi connectivity index (χ2n) is 2.82. The molecule has 0 bridgehead atoms. The van der Waals surface area contributed by atoms with E-state index < -0.39 is 6.67 Å². The third-order valence-electron chi connectivity index (χ3n) is 1.81. The Bertz CT molecular complexity index is 355. The number of nitrogen functional groups attached to an aromatic ring is 1. The lowest BCUT2D eigenvalue weighted by Gasteiger charge is -2.10. The van der Waals surface area contributed by atoms with Crippen LogP contribution in [0.2, 0.25) is 0 Å². The van der Waals surface area contributed by atoms with E-state index in [1.165, 1.54) is 7.11 Å². The van der Waals surface area contributed by atoms with Crippen LogP contribution < -0.4 is 15.2 Å². The molecular formula is C10H13FN2O2. The molecule has 0 spiro atoms. The maximum Gasteiger partial charge on any atom is 0.161 e. The van der Waals surface area contributed by atoms with Gasteiger partial charge in [0.05, 0.1) is 7.11 Å². The Kier molecular flexibility index (Phi) is 3.91. The molecule has 3 N–H and O–H groups in total. The van der Waals surface area contributed by atoms with Crippen LogP contribution in [-0.2, 0) is 0 Å². The van der Waals surface area contributed by atoms with Gasteiger partial charge in [0.2, 0.25) is 0 Å². The molecule has 15 heavy (non-hydrogen) atoms. The maximum absolute atomic E-state index is 11.9. The average molecular weight is 212 g/mol. The molecule has 1 aromatic carbocycles. The monoisotopic (exact) mass is 212 g/mol. The summed E-state index contributed by atoms with van der Waals surface area (Å²) in [5.41, 5.74) is 5.86. The first-order valence-corrected chi connectivity index (χ1v) is 4.40. The maximum atomic E-state index is 11.9. The minimum atomic E-state index is -0.558. The lowest BCUT2D eigenvalue weighted by Crippen LogP contribution is -2.11. The number of hydrogen-bond acceptors (Lipinski definition) is 3. The summed E-state index contributed by atoms with van der Waals surface area (Å²) in [4.78, 5) is 0. The van der Waals surface area contributed by atoms with Gasteiger partial charge in [0, 0.05) is 5.56 Å². The third-order valence-corrected chi connectivity index (χ3v) is 1.81. The van der Waals surface area contributed by atoms with Crippen molar-refractivity contribution in [2.24, 2.45) is 5.73 Å². The summed E-state index contributed by atoms with van der Waals surface area (Å²) in [5.74, 6) is 0.835. The SMILES string of the molecule is COc1cc(C(=N)N)ccc1OCCF. The number of nitrogens with two attached hydrogens (primary N) is 1. The fourth-order valence-corrected chi connectivity index (χ4v) is 1.10. The summed E-state index contributed by atoms with van der Waals surface area (Å²) in [5, 5.41) is 7.24. The van der Waals surface area contributed by atoms with E-state index in [1.54, 1.807) is 18.2 Å². The summed E-state index contributed by atoms with van der Waals surface area (Å²) in [6, 6.07) is 4.81. The number of halogens is 1. The molecule has 0 heterocycles. The molecule has 1 aromatic rings. The molecule has 0 aliphatic rings. The molecule has 0 aromatic heterocycles. The Morgan fingerprint density at radius 1 is 1.47 bits per heavy atom. The van der Waals surface area contributed by atoms with Crippen molar-refractivity contribution >= 4 is 5.84 Å². The first-order chi connectivity index (χ1) is 7.19. The van der Waals surface area contributed by atoms with Crippen LogP contribution in [0, 0.1) is 5.41 Å². The Hall–Kier alpha value is -1.78. The zero-order chi connectivity index (χ0) is 11.3. The van der Waals surface area contributed by atoms with Crippen LogP contribution in [0.3, 0.4) is 0 Å². The first-order valence-electron chi connectivity index (χ1n) is 4.40. The molecule has 1 rings (SSSR count). The lowest BCUT2D eigenvalue weighted by molar-refractivity contribution is 0.260. The zero-order valence-corrected chi connectivity index (χ0v) is 8.42. The van der Waals surface area contributed by atoms with Crippen LogP contribution >= 0.6 is 0 Å². The molecule has 0 unspecified atom stereocenters. The number of methoxy groups -OCH3 is 1. The van der Waals surface area contributed by atoms with E-state index in [1.807, 2.05) is 0 Å². The van der Waals surface area contributed by atoms with Crippen LogP contribution in [0.25, 0.3) is 0 Å². The van der Waals surface area contributed by atoms with Gasteiger partial charge in [0.15, 0.2) is 11.5 Å². The van der Waals surface area contributed by atoms with E-state index in [2.05, 4.69) is 0 Å². The predicted molar refractivity (Wildman–Crippen MR) is 55.5 cm³/mol. The molecule has 0 atom stereocenters. The van der Waals surface area contributed by atoms with Crippen molar-refractivity contribution in [3.63, 3.8) is 0 Å². The third kappa shape index (κ3) is 2.83. The van der Waals surface area contributed by atoms with Crippen molar-refractivity contribution in [2.45, 2.75) is 0 Å². The molecule has 0 amide bonds. The fraction of sp³-hybridized carbons (Fsp3) is 0.300. The number of rotatable bonds is 5. The van der Waals surface area contributed by atoms with Gasteiger partial charge in [-0.2, -0.15) is 0 Å². The summed E-state index contributed by atoms with van der Waals surface area (Å²) in [6.45, 7) is -0.576. The van der Waals surface area contributed by atoms with Crippen molar-refractivity contribution < 1.29 is 13.9 Å². The highest BCUT2D eigenvalue weighted by molar-refractivity contribution is 5.95. The Morgan fingerprint density at radius 2 is 2.20 bits per heavy atom. The number of ether oxygens (including phenoxy) is 2. The van der Waals surface area contributed by atoms with Crippen molar-refractivity contribution in [2.75, 3.05) is 20.4 Å². The minimum Gasteiger partial charge on any atom is -0.493 e. The van der Waals surface area contributed by atoms with Gasteiger partial charge in [-0.3, -0.25) is 5.41 Å². The van der Waals surface area contributed by atoms with E-state index in [0.717, 1.165) is 0 Å². The topological polar surface area (TPSA) is 68.3 Å². The molecule has 0 radical (unpaired) electrons. The van der Waals surface area contributed by atoms with Gasteiger partial charge in [-0.15, -0.1) is 0 Å². The smallest absolute Gasteiger partial charge is 0.161 e. The lowest BCUT2D eigenvalue weighted by atomic mass is 10.2. The van der Waals surface area contributed by atoms with E-state index in [4.69, 9.17) is 20.6 Å². The highest BCUT2D eigenvalue weighted by Crippen LogP contribution is 2.27. The molecule has 0 aliphatic carbocycles. The van der Waals surface area contributed by atoms with E-state index in [9.17, 15) is 4.39 Å². The molecule has 0 aliphatic heterocycles. The number of alkyl halides is 1. The van der Waals surface area contributed by atoms with Gasteiger partial charge in [-0.1, -0.05) is 0 Å². The van der Waals surface area contributed by atoms with Gasteiger partial charge in [-0.25, -0.2) is 4.39 Å². The predicted octanol–water partition coefficient (Wildman–Crippen LogP) is 1.33. The van der Waals surface area contributed by atoms with Crippen LogP contribution in [-0.4, -0.2) is 26.2 Å². The van der Waals surface area contributed by atoms with Gasteiger partial charge >= 0.3 is 0 Å². The molecule has 0 fully saturated rings. The quantitative estimate of drug-likeness (QED) is 0.571. The van der Waals surface area contributed by atoms with Crippen molar-refractivity contribution in [1.82, 2.24) is 0 Å². The molecule has 4 nitrogen and oxygen atoms in total. The summed E-state index contributed by atoms with van der Waals surface area (Å²) in [7, 11) is 1.47. The van der Waals surface area contributed by atoms with Gasteiger partial charge < -0.3 is 15.2 Å². The van der Waals surface area contributed by atoms with E-state index >= 15 is 0 Å². The number of benzene rings is 1. The van der Waals surface area contributed by atoms with Crippen molar-refractivity contribution in [3.05, 3.63) is 23.8 Å². The second-order valence-corrected chi connectivity index (χ2v) is 2.82. The fourth-order valence-electron chi connectivity index (χ4n) is 1.10. The molecule has 82 valence electrons. The van der Waals surface area contributed by atoms with Gasteiger partial charge in [0.25, 0.3) is 0 Å². The normalized spacial score (nSPS) is 9.73. The standard InChI is InChI=1S/C10H13FN2O2/c1-14-9-6-7(10(12)13)2-3-8(9)15-5-4-11/h2-3,6H,4-5H2,1H3,(H3,12,13). The highest BCUT2D eigenvalue weighted by atomic mass is 19.1. The summed E-state index contributed by atoms with van der Waals surface area (Å²) in [6.07, 6.45) is 0. The van der Waals surface area contributed by atoms with Crippen LogP contribution in [0.4, 0.5) is 4.39 Å². The Balaban J connectivity index is 2.93. The largest absolute Gasteiger partial charge is 0.493 e. The van der Waals surface area contributed by atoms with E-state index in [-0.39, 0.29) is 12.4 Å². The van der Waals surface area contributed by atoms with Crippen LogP contribution in [0.5, 0.6) is 11.5 Å². The van der Waals surface area contributed by atoms with Crippen LogP contribution in [0.1, 0.15) is 5.56 Å². The molecule has 0 saturated heterocycles. The Labute approximate surface area is 87.3 Å². The van der Waals surface area contributed by atoms with Crippen molar-refractivity contribution in [3.8, 4) is 11.5 Å². The van der Waals surface area contributed by atoms with E-state index in [0.29, 0.717) is 17.1 Å². The highest BCUT2D eigenvalue weighted by Gasteiger charge is 2.06. The molecular weight excluding hydrogens is 199 g/mol. The number of nitrogens with one attached hydrogen (secondary N) is 1.